The predicted molar refractivity (Wildman–Crippen MR) is 97.3 cm³/mol. The Hall–Kier alpha value is -1.75. The van der Waals surface area contributed by atoms with Gasteiger partial charge in [-0.05, 0) is 58.1 Å². The number of amides is 1. The smallest absolute Gasteiger partial charge is 0.410 e. The first-order chi connectivity index (χ1) is 11.7. The Morgan fingerprint density at radius 1 is 1.28 bits per heavy atom. The molecular weight excluding hydrogens is 342 g/mol. The van der Waals surface area contributed by atoms with Gasteiger partial charge in [0.1, 0.15) is 5.60 Å². The highest BCUT2D eigenvalue weighted by atomic mass is 35.5. The fourth-order valence-electron chi connectivity index (χ4n) is 2.84. The summed E-state index contributed by atoms with van der Waals surface area (Å²) in [5.41, 5.74) is 1.62. The number of esters is 1. The van der Waals surface area contributed by atoms with Gasteiger partial charge in [0.2, 0.25) is 0 Å². The molecule has 0 fully saturated rings. The molecule has 6 heteroatoms. The fourth-order valence-corrected chi connectivity index (χ4v) is 3.12. The van der Waals surface area contributed by atoms with Crippen molar-refractivity contribution in [2.24, 2.45) is 0 Å². The molecule has 138 valence electrons. The first kappa shape index (κ1) is 19.6. The largest absolute Gasteiger partial charge is 0.463 e. The van der Waals surface area contributed by atoms with E-state index in [2.05, 4.69) is 0 Å². The summed E-state index contributed by atoms with van der Waals surface area (Å²) < 4.78 is 10.7. The van der Waals surface area contributed by atoms with Gasteiger partial charge in [0, 0.05) is 17.2 Å². The quantitative estimate of drug-likeness (QED) is 0.696. The highest BCUT2D eigenvalue weighted by Gasteiger charge is 2.31. The van der Waals surface area contributed by atoms with Crippen molar-refractivity contribution in [3.63, 3.8) is 0 Å². The van der Waals surface area contributed by atoms with Crippen molar-refractivity contribution in [3.8, 4) is 0 Å². The van der Waals surface area contributed by atoms with Gasteiger partial charge in [-0.1, -0.05) is 23.8 Å². The van der Waals surface area contributed by atoms with Crippen molar-refractivity contribution in [2.75, 3.05) is 19.7 Å². The summed E-state index contributed by atoms with van der Waals surface area (Å²) in [4.78, 5) is 26.4. The highest BCUT2D eigenvalue weighted by Crippen LogP contribution is 2.33. The molecule has 1 aliphatic carbocycles. The SMILES string of the molecule is CCOC(=O)C1=C(C2=C(Cl)CCC=C2)CN(C(=O)OC(C)(C)C)CC1. The average Bonchev–Trinajstić information content (AvgIpc) is 2.53. The van der Waals surface area contributed by atoms with E-state index in [0.717, 1.165) is 24.0 Å². The lowest BCUT2D eigenvalue weighted by Crippen LogP contribution is -2.42. The minimum absolute atomic E-state index is 0.291. The van der Waals surface area contributed by atoms with Crippen LogP contribution in [0.25, 0.3) is 0 Å². The van der Waals surface area contributed by atoms with Gasteiger partial charge in [-0.2, -0.15) is 0 Å². The lowest BCUT2D eigenvalue weighted by atomic mass is 9.90. The van der Waals surface area contributed by atoms with Crippen LogP contribution in [0.3, 0.4) is 0 Å². The molecule has 0 saturated carbocycles. The Balaban J connectivity index is 2.33. The number of carbonyl (C=O) groups excluding carboxylic acids is 2. The third-order valence-corrected chi connectivity index (χ3v) is 4.34. The second-order valence-electron chi connectivity index (χ2n) is 7.09. The monoisotopic (exact) mass is 367 g/mol. The molecule has 0 aromatic carbocycles. The molecule has 25 heavy (non-hydrogen) atoms. The number of nitrogens with zero attached hydrogens (tertiary/aromatic N) is 1. The zero-order chi connectivity index (χ0) is 18.6. The van der Waals surface area contributed by atoms with E-state index in [9.17, 15) is 9.59 Å². The van der Waals surface area contributed by atoms with Crippen LogP contribution in [0.5, 0.6) is 0 Å². The molecule has 0 aromatic heterocycles. The maximum absolute atomic E-state index is 12.4. The topological polar surface area (TPSA) is 55.8 Å². The van der Waals surface area contributed by atoms with E-state index in [1.807, 2.05) is 32.9 Å². The third-order valence-electron chi connectivity index (χ3n) is 3.95. The van der Waals surface area contributed by atoms with Crippen LogP contribution >= 0.6 is 11.6 Å². The molecule has 2 aliphatic rings. The van der Waals surface area contributed by atoms with Crippen molar-refractivity contribution in [2.45, 2.75) is 52.6 Å². The first-order valence-corrected chi connectivity index (χ1v) is 9.03. The van der Waals surface area contributed by atoms with Gasteiger partial charge < -0.3 is 14.4 Å². The van der Waals surface area contributed by atoms with Crippen LogP contribution in [-0.2, 0) is 14.3 Å². The second-order valence-corrected chi connectivity index (χ2v) is 7.55. The van der Waals surface area contributed by atoms with Crippen molar-refractivity contribution >= 4 is 23.7 Å². The van der Waals surface area contributed by atoms with Gasteiger partial charge in [-0.15, -0.1) is 0 Å². The molecule has 2 rings (SSSR count). The first-order valence-electron chi connectivity index (χ1n) is 8.65. The van der Waals surface area contributed by atoms with E-state index in [-0.39, 0.29) is 12.1 Å². The summed E-state index contributed by atoms with van der Waals surface area (Å²) in [5, 5.41) is 0.713. The maximum atomic E-state index is 12.4. The van der Waals surface area contributed by atoms with Crippen LogP contribution in [-0.4, -0.2) is 42.3 Å². The van der Waals surface area contributed by atoms with E-state index in [4.69, 9.17) is 21.1 Å². The van der Waals surface area contributed by atoms with Crippen LogP contribution in [0, 0.1) is 0 Å². The van der Waals surface area contributed by atoms with Crippen molar-refractivity contribution in [1.29, 1.82) is 0 Å². The minimum Gasteiger partial charge on any atom is -0.463 e. The number of rotatable bonds is 3. The summed E-state index contributed by atoms with van der Waals surface area (Å²) in [6.07, 6.45) is 5.61. The predicted octanol–water partition coefficient (Wildman–Crippen LogP) is 4.33. The van der Waals surface area contributed by atoms with E-state index >= 15 is 0 Å². The number of hydrogen-bond donors (Lipinski definition) is 0. The Kier molecular flexibility index (Phi) is 6.33. The zero-order valence-corrected chi connectivity index (χ0v) is 16.1. The molecular formula is C19H26ClNO4. The van der Waals surface area contributed by atoms with Crippen molar-refractivity contribution in [3.05, 3.63) is 33.9 Å². The Morgan fingerprint density at radius 3 is 2.60 bits per heavy atom. The van der Waals surface area contributed by atoms with E-state index in [1.165, 1.54) is 0 Å². The van der Waals surface area contributed by atoms with Crippen LogP contribution < -0.4 is 0 Å². The second kappa shape index (κ2) is 8.09. The standard InChI is InChI=1S/C19H26ClNO4/c1-5-24-17(22)14-10-11-21(18(23)25-19(2,3)4)12-15(14)13-8-6-7-9-16(13)20/h6,8H,5,7,9-12H2,1-4H3. The van der Waals surface area contributed by atoms with Crippen molar-refractivity contribution < 1.29 is 19.1 Å². The normalized spacial score (nSPS) is 18.5. The van der Waals surface area contributed by atoms with Crippen LogP contribution in [0.1, 0.15) is 47.0 Å². The summed E-state index contributed by atoms with van der Waals surface area (Å²) >= 11 is 6.40. The Morgan fingerprint density at radius 2 is 2.00 bits per heavy atom. The highest BCUT2D eigenvalue weighted by molar-refractivity contribution is 6.30. The van der Waals surface area contributed by atoms with Gasteiger partial charge >= 0.3 is 12.1 Å². The number of hydrogen-bond acceptors (Lipinski definition) is 4. The Bertz CT molecular complexity index is 640. The molecule has 1 amide bonds. The van der Waals surface area contributed by atoms with Gasteiger partial charge in [-0.25, -0.2) is 9.59 Å². The number of halogens is 1. The van der Waals surface area contributed by atoms with E-state index < -0.39 is 5.60 Å². The fraction of sp³-hybridized carbons (Fsp3) is 0.579. The third kappa shape index (κ3) is 5.11. The summed E-state index contributed by atoms with van der Waals surface area (Å²) in [5.74, 6) is -0.336. The summed E-state index contributed by atoms with van der Waals surface area (Å²) in [7, 11) is 0. The molecule has 0 unspecified atom stereocenters. The number of carbonyl (C=O) groups is 2. The van der Waals surface area contributed by atoms with Gasteiger partial charge in [0.15, 0.2) is 0 Å². The molecule has 0 atom stereocenters. The molecule has 0 spiro atoms. The van der Waals surface area contributed by atoms with Crippen LogP contribution in [0.4, 0.5) is 4.79 Å². The molecule has 0 radical (unpaired) electrons. The number of ether oxygens (including phenoxy) is 2. The molecule has 1 aliphatic heterocycles. The molecule has 0 bridgehead atoms. The van der Waals surface area contributed by atoms with Crippen LogP contribution in [0.2, 0.25) is 0 Å². The van der Waals surface area contributed by atoms with E-state index in [0.29, 0.717) is 36.7 Å². The van der Waals surface area contributed by atoms with Crippen molar-refractivity contribution in [1.82, 2.24) is 4.90 Å². The average molecular weight is 368 g/mol. The van der Waals surface area contributed by atoms with Gasteiger partial charge in [-0.3, -0.25) is 0 Å². The minimum atomic E-state index is -0.565. The molecule has 0 N–H and O–H groups in total. The van der Waals surface area contributed by atoms with Gasteiger partial charge in [0.25, 0.3) is 0 Å². The lowest BCUT2D eigenvalue weighted by Gasteiger charge is -2.33. The summed E-state index contributed by atoms with van der Waals surface area (Å²) in [6.45, 7) is 8.30. The molecule has 5 nitrogen and oxygen atoms in total. The molecule has 1 heterocycles. The molecule has 0 aromatic rings. The number of allylic oxidation sites excluding steroid dienone is 3. The lowest BCUT2D eigenvalue weighted by molar-refractivity contribution is -0.138. The molecule has 0 saturated heterocycles. The van der Waals surface area contributed by atoms with Crippen LogP contribution in [0.15, 0.2) is 33.9 Å². The van der Waals surface area contributed by atoms with E-state index in [1.54, 1.807) is 11.8 Å². The summed E-state index contributed by atoms with van der Waals surface area (Å²) in [6, 6.07) is 0. The van der Waals surface area contributed by atoms with Gasteiger partial charge in [0.05, 0.1) is 13.2 Å². The zero-order valence-electron chi connectivity index (χ0n) is 15.4. The Labute approximate surface area is 154 Å². The maximum Gasteiger partial charge on any atom is 0.410 e.